The molecule has 1 aromatic carbocycles. The van der Waals surface area contributed by atoms with Crippen molar-refractivity contribution in [2.75, 3.05) is 33.4 Å². The van der Waals surface area contributed by atoms with E-state index in [2.05, 4.69) is 0 Å². The maximum atomic E-state index is 13.4. The molecule has 1 fully saturated rings. The third-order valence-electron chi connectivity index (χ3n) is 3.82. The minimum atomic E-state index is -0.441. The van der Waals surface area contributed by atoms with Crippen LogP contribution in [0.25, 0.3) is 0 Å². The maximum absolute atomic E-state index is 13.4. The number of hydrogen-bond donors (Lipinski definition) is 1. The minimum absolute atomic E-state index is 0. The molecule has 2 N–H and O–H groups in total. The van der Waals surface area contributed by atoms with Crippen LogP contribution >= 0.6 is 12.4 Å². The Morgan fingerprint density at radius 3 is 2.70 bits per heavy atom. The fourth-order valence-corrected chi connectivity index (χ4v) is 2.58. The third kappa shape index (κ3) is 5.34. The molecule has 2 rings (SSSR count). The first kappa shape index (κ1) is 19.7. The van der Waals surface area contributed by atoms with Gasteiger partial charge in [-0.05, 0) is 44.0 Å². The van der Waals surface area contributed by atoms with E-state index in [4.69, 9.17) is 15.2 Å². The second-order valence-corrected chi connectivity index (χ2v) is 5.35. The number of ether oxygens (including phenoxy) is 2. The van der Waals surface area contributed by atoms with Gasteiger partial charge in [-0.3, -0.25) is 4.79 Å². The number of piperidine rings is 1. The molecule has 0 bridgehead atoms. The van der Waals surface area contributed by atoms with Crippen LogP contribution in [-0.2, 0) is 4.74 Å². The first-order valence-corrected chi connectivity index (χ1v) is 7.60. The van der Waals surface area contributed by atoms with Crippen molar-refractivity contribution in [3.05, 3.63) is 29.6 Å². The molecular weight excluding hydrogens is 323 g/mol. The van der Waals surface area contributed by atoms with Crippen LogP contribution < -0.4 is 10.5 Å². The zero-order chi connectivity index (χ0) is 15.9. The van der Waals surface area contributed by atoms with Crippen LogP contribution in [-0.4, -0.2) is 50.3 Å². The van der Waals surface area contributed by atoms with Crippen LogP contribution in [0.5, 0.6) is 5.75 Å². The molecule has 0 saturated carbocycles. The molecule has 5 nitrogen and oxygen atoms in total. The molecule has 1 aliphatic rings. The van der Waals surface area contributed by atoms with Gasteiger partial charge in [0.15, 0.2) is 0 Å². The van der Waals surface area contributed by atoms with Crippen LogP contribution in [0.1, 0.15) is 29.6 Å². The number of likely N-dealkylation sites (tertiary alicyclic amines) is 1. The van der Waals surface area contributed by atoms with Gasteiger partial charge < -0.3 is 20.1 Å². The normalized spacial score (nSPS) is 15.2. The summed E-state index contributed by atoms with van der Waals surface area (Å²) in [5.74, 6) is -0.242. The number of nitrogens with two attached hydrogens (primary N) is 1. The van der Waals surface area contributed by atoms with Gasteiger partial charge in [0, 0.05) is 19.7 Å². The fraction of sp³-hybridized carbons (Fsp3) is 0.562. The number of nitrogens with zero attached hydrogens (tertiary/aromatic N) is 1. The van der Waals surface area contributed by atoms with Crippen molar-refractivity contribution < 1.29 is 18.7 Å². The fourth-order valence-electron chi connectivity index (χ4n) is 2.58. The molecule has 7 heteroatoms. The van der Waals surface area contributed by atoms with Crippen molar-refractivity contribution in [2.45, 2.75) is 25.4 Å². The van der Waals surface area contributed by atoms with E-state index >= 15 is 0 Å². The predicted molar refractivity (Wildman–Crippen MR) is 88.7 cm³/mol. The molecule has 1 heterocycles. The highest BCUT2D eigenvalue weighted by Gasteiger charge is 2.26. The lowest BCUT2D eigenvalue weighted by atomic mass is 10.1. The molecule has 0 aromatic heterocycles. The second-order valence-electron chi connectivity index (χ2n) is 5.35. The SMILES string of the molecule is COc1ccc(F)cc1C(=O)N1CCC(OCCCN)CC1.Cl. The predicted octanol–water partition coefficient (Wildman–Crippen LogP) is 2.23. The van der Waals surface area contributed by atoms with Crippen LogP contribution in [0.3, 0.4) is 0 Å². The smallest absolute Gasteiger partial charge is 0.257 e. The highest BCUT2D eigenvalue weighted by atomic mass is 35.5. The first-order valence-electron chi connectivity index (χ1n) is 7.60. The lowest BCUT2D eigenvalue weighted by Gasteiger charge is -2.32. The Kier molecular flexibility index (Phi) is 8.30. The molecule has 0 radical (unpaired) electrons. The van der Waals surface area contributed by atoms with Crippen molar-refractivity contribution in [1.82, 2.24) is 4.90 Å². The van der Waals surface area contributed by atoms with E-state index in [1.165, 1.54) is 25.3 Å². The maximum Gasteiger partial charge on any atom is 0.257 e. The van der Waals surface area contributed by atoms with Crippen LogP contribution in [0.15, 0.2) is 18.2 Å². The number of hydrogen-bond acceptors (Lipinski definition) is 4. The van der Waals surface area contributed by atoms with Gasteiger partial charge in [-0.25, -0.2) is 4.39 Å². The minimum Gasteiger partial charge on any atom is -0.496 e. The van der Waals surface area contributed by atoms with E-state index < -0.39 is 5.82 Å². The highest BCUT2D eigenvalue weighted by Crippen LogP contribution is 2.23. The van der Waals surface area contributed by atoms with E-state index in [1.54, 1.807) is 4.90 Å². The van der Waals surface area contributed by atoms with Crippen LogP contribution in [0, 0.1) is 5.82 Å². The molecule has 0 aliphatic carbocycles. The van der Waals surface area contributed by atoms with E-state index in [-0.39, 0.29) is 30.0 Å². The van der Waals surface area contributed by atoms with Gasteiger partial charge in [0.1, 0.15) is 11.6 Å². The van der Waals surface area contributed by atoms with Crippen LogP contribution in [0.4, 0.5) is 4.39 Å². The van der Waals surface area contributed by atoms with Gasteiger partial charge in [-0.2, -0.15) is 0 Å². The van der Waals surface area contributed by atoms with Crippen molar-refractivity contribution in [2.24, 2.45) is 5.73 Å². The summed E-state index contributed by atoms with van der Waals surface area (Å²) in [6.07, 6.45) is 2.59. The van der Waals surface area contributed by atoms with Gasteiger partial charge in [0.25, 0.3) is 5.91 Å². The van der Waals surface area contributed by atoms with Gasteiger partial charge >= 0.3 is 0 Å². The molecule has 0 atom stereocenters. The Morgan fingerprint density at radius 2 is 2.09 bits per heavy atom. The van der Waals surface area contributed by atoms with E-state index in [0.717, 1.165) is 19.3 Å². The summed E-state index contributed by atoms with van der Waals surface area (Å²) in [6, 6.07) is 3.99. The Balaban J connectivity index is 0.00000264. The summed E-state index contributed by atoms with van der Waals surface area (Å²) in [4.78, 5) is 14.2. The Labute approximate surface area is 142 Å². The standard InChI is InChI=1S/C16H23FN2O3.ClH/c1-21-15-4-3-12(17)11-14(15)16(20)19-8-5-13(6-9-19)22-10-2-7-18;/h3-4,11,13H,2,5-10,18H2,1H3;1H. The number of carbonyl (C=O) groups is 1. The first-order chi connectivity index (χ1) is 10.7. The Morgan fingerprint density at radius 1 is 1.39 bits per heavy atom. The van der Waals surface area contributed by atoms with Crippen molar-refractivity contribution >= 4 is 18.3 Å². The van der Waals surface area contributed by atoms with E-state index in [1.807, 2.05) is 0 Å². The molecule has 1 saturated heterocycles. The lowest BCUT2D eigenvalue weighted by molar-refractivity contribution is 0.00836. The van der Waals surface area contributed by atoms with Crippen molar-refractivity contribution in [3.8, 4) is 5.75 Å². The topological polar surface area (TPSA) is 64.8 Å². The zero-order valence-electron chi connectivity index (χ0n) is 13.3. The number of rotatable bonds is 6. The summed E-state index contributed by atoms with van der Waals surface area (Å²) in [5.41, 5.74) is 5.70. The molecule has 130 valence electrons. The monoisotopic (exact) mass is 346 g/mol. The second kappa shape index (κ2) is 9.70. The number of amides is 1. The van der Waals surface area contributed by atoms with Gasteiger partial charge in [0.05, 0.1) is 18.8 Å². The Hall–Kier alpha value is -1.37. The van der Waals surface area contributed by atoms with Gasteiger partial charge in [-0.15, -0.1) is 12.4 Å². The van der Waals surface area contributed by atoms with E-state index in [9.17, 15) is 9.18 Å². The summed E-state index contributed by atoms with van der Waals surface area (Å²) in [5, 5.41) is 0. The summed E-state index contributed by atoms with van der Waals surface area (Å²) < 4.78 is 24.3. The number of methoxy groups -OCH3 is 1. The molecule has 23 heavy (non-hydrogen) atoms. The number of benzene rings is 1. The Bertz CT molecular complexity index is 508. The lowest BCUT2D eigenvalue weighted by Crippen LogP contribution is -2.41. The molecule has 1 aromatic rings. The average molecular weight is 347 g/mol. The van der Waals surface area contributed by atoms with Crippen LogP contribution in [0.2, 0.25) is 0 Å². The quantitative estimate of drug-likeness (QED) is 0.802. The van der Waals surface area contributed by atoms with Crippen molar-refractivity contribution in [3.63, 3.8) is 0 Å². The molecular formula is C16H24ClFN2O3. The summed E-state index contributed by atoms with van der Waals surface area (Å²) in [6.45, 7) is 2.49. The summed E-state index contributed by atoms with van der Waals surface area (Å²) in [7, 11) is 1.47. The third-order valence-corrected chi connectivity index (χ3v) is 3.82. The van der Waals surface area contributed by atoms with Gasteiger partial charge in [0.2, 0.25) is 0 Å². The van der Waals surface area contributed by atoms with Crippen molar-refractivity contribution in [1.29, 1.82) is 0 Å². The van der Waals surface area contributed by atoms with E-state index in [0.29, 0.717) is 32.0 Å². The average Bonchev–Trinajstić information content (AvgIpc) is 2.55. The zero-order valence-corrected chi connectivity index (χ0v) is 14.1. The molecule has 1 aliphatic heterocycles. The highest BCUT2D eigenvalue weighted by molar-refractivity contribution is 5.97. The number of halogens is 2. The molecule has 0 spiro atoms. The molecule has 0 unspecified atom stereocenters. The number of carbonyl (C=O) groups excluding carboxylic acids is 1. The molecule has 1 amide bonds. The van der Waals surface area contributed by atoms with Gasteiger partial charge in [-0.1, -0.05) is 0 Å². The largest absolute Gasteiger partial charge is 0.496 e. The summed E-state index contributed by atoms with van der Waals surface area (Å²) >= 11 is 0.